The number of aromatic nitrogens is 1. The highest BCUT2D eigenvalue weighted by atomic mass is 16.5. The standard InChI is InChI=1S/C24H28N4O3/c1-17-18(2)31-23(26-17)20-9-6-10-21(13-20)27-24(29)25-14-22-16-28(11-12-30-22)15-19-7-4-3-5-8-19/h3-10,13,22H,11-12,14-16H2,1-2H3,(H2,25,27,29). The Kier molecular flexibility index (Phi) is 6.64. The fraction of sp³-hybridized carbons (Fsp3) is 0.333. The van der Waals surface area contributed by atoms with Gasteiger partial charge in [0.15, 0.2) is 0 Å². The van der Waals surface area contributed by atoms with Crippen molar-refractivity contribution < 1.29 is 13.9 Å². The zero-order valence-corrected chi connectivity index (χ0v) is 17.9. The Hall–Kier alpha value is -3.16. The molecule has 4 rings (SSSR count). The van der Waals surface area contributed by atoms with Gasteiger partial charge in [0.2, 0.25) is 5.89 Å². The second-order valence-corrected chi connectivity index (χ2v) is 7.79. The summed E-state index contributed by atoms with van der Waals surface area (Å²) in [7, 11) is 0. The van der Waals surface area contributed by atoms with E-state index >= 15 is 0 Å². The summed E-state index contributed by atoms with van der Waals surface area (Å²) in [5.41, 5.74) is 3.64. The van der Waals surface area contributed by atoms with Crippen LogP contribution in [0.1, 0.15) is 17.0 Å². The fourth-order valence-electron chi connectivity index (χ4n) is 3.60. The number of aryl methyl sites for hydroxylation is 2. The van der Waals surface area contributed by atoms with E-state index in [1.165, 1.54) is 5.56 Å². The monoisotopic (exact) mass is 420 g/mol. The molecule has 0 spiro atoms. The molecule has 7 nitrogen and oxygen atoms in total. The predicted octanol–water partition coefficient (Wildman–Crippen LogP) is 3.98. The number of hydrogen-bond donors (Lipinski definition) is 2. The van der Waals surface area contributed by atoms with Gasteiger partial charge >= 0.3 is 6.03 Å². The first-order valence-electron chi connectivity index (χ1n) is 10.5. The van der Waals surface area contributed by atoms with E-state index in [9.17, 15) is 4.79 Å². The number of amides is 2. The van der Waals surface area contributed by atoms with Crippen LogP contribution >= 0.6 is 0 Å². The van der Waals surface area contributed by atoms with Crippen LogP contribution in [-0.4, -0.2) is 48.3 Å². The van der Waals surface area contributed by atoms with Gasteiger partial charge in [-0.15, -0.1) is 0 Å². The van der Waals surface area contributed by atoms with Crippen molar-refractivity contribution in [1.29, 1.82) is 0 Å². The first kappa shape index (κ1) is 21.1. The molecular weight excluding hydrogens is 392 g/mol. The highest BCUT2D eigenvalue weighted by Gasteiger charge is 2.21. The summed E-state index contributed by atoms with van der Waals surface area (Å²) >= 11 is 0. The second-order valence-electron chi connectivity index (χ2n) is 7.79. The maximum Gasteiger partial charge on any atom is 0.319 e. The molecule has 7 heteroatoms. The van der Waals surface area contributed by atoms with E-state index in [1.54, 1.807) is 0 Å². The van der Waals surface area contributed by atoms with Crippen LogP contribution < -0.4 is 10.6 Å². The lowest BCUT2D eigenvalue weighted by Crippen LogP contribution is -2.47. The van der Waals surface area contributed by atoms with Crippen LogP contribution in [0.25, 0.3) is 11.5 Å². The number of carbonyl (C=O) groups excluding carboxylic acids is 1. The minimum atomic E-state index is -0.263. The van der Waals surface area contributed by atoms with Gasteiger partial charge in [0.05, 0.1) is 18.4 Å². The van der Waals surface area contributed by atoms with Gasteiger partial charge in [-0.2, -0.15) is 0 Å². The van der Waals surface area contributed by atoms with Gasteiger partial charge in [0.1, 0.15) is 5.76 Å². The third kappa shape index (κ3) is 5.71. The lowest BCUT2D eigenvalue weighted by molar-refractivity contribution is -0.0285. The molecule has 2 heterocycles. The summed E-state index contributed by atoms with van der Waals surface area (Å²) in [4.78, 5) is 19.2. The average molecular weight is 421 g/mol. The molecule has 1 saturated heterocycles. The molecule has 1 aliphatic rings. The third-order valence-corrected chi connectivity index (χ3v) is 5.36. The van der Waals surface area contributed by atoms with Crippen molar-refractivity contribution in [1.82, 2.24) is 15.2 Å². The van der Waals surface area contributed by atoms with Crippen molar-refractivity contribution in [2.75, 3.05) is 31.6 Å². The molecular formula is C24H28N4O3. The highest BCUT2D eigenvalue weighted by Crippen LogP contribution is 2.24. The molecule has 2 aromatic carbocycles. The van der Waals surface area contributed by atoms with Gasteiger partial charge in [-0.1, -0.05) is 36.4 Å². The molecule has 162 valence electrons. The molecule has 0 saturated carbocycles. The van der Waals surface area contributed by atoms with Crippen molar-refractivity contribution >= 4 is 11.7 Å². The average Bonchev–Trinajstić information content (AvgIpc) is 3.12. The van der Waals surface area contributed by atoms with Gasteiger partial charge in [0.25, 0.3) is 0 Å². The van der Waals surface area contributed by atoms with E-state index in [0.29, 0.717) is 24.7 Å². The minimum absolute atomic E-state index is 0.0344. The van der Waals surface area contributed by atoms with Gasteiger partial charge < -0.3 is 19.8 Å². The molecule has 1 aliphatic heterocycles. The molecule has 1 aromatic heterocycles. The van der Waals surface area contributed by atoms with Crippen molar-refractivity contribution in [3.8, 4) is 11.5 Å². The molecule has 0 radical (unpaired) electrons. The van der Waals surface area contributed by atoms with E-state index in [2.05, 4.69) is 44.8 Å². The van der Waals surface area contributed by atoms with E-state index in [1.807, 2.05) is 44.2 Å². The number of rotatable bonds is 6. The van der Waals surface area contributed by atoms with Gasteiger partial charge in [-0.05, 0) is 37.6 Å². The van der Waals surface area contributed by atoms with Crippen LogP contribution in [0.2, 0.25) is 0 Å². The first-order valence-corrected chi connectivity index (χ1v) is 10.5. The second kappa shape index (κ2) is 9.76. The highest BCUT2D eigenvalue weighted by molar-refractivity contribution is 5.89. The van der Waals surface area contributed by atoms with Gasteiger partial charge in [-0.3, -0.25) is 4.90 Å². The number of nitrogens with one attached hydrogen (secondary N) is 2. The van der Waals surface area contributed by atoms with Crippen molar-refractivity contribution in [3.63, 3.8) is 0 Å². The molecule has 1 unspecified atom stereocenters. The lowest BCUT2D eigenvalue weighted by atomic mass is 10.2. The summed E-state index contributed by atoms with van der Waals surface area (Å²) in [6, 6.07) is 17.6. The molecule has 3 aromatic rings. The summed E-state index contributed by atoms with van der Waals surface area (Å²) in [6.07, 6.45) is -0.0344. The van der Waals surface area contributed by atoms with E-state index in [-0.39, 0.29) is 12.1 Å². The number of anilines is 1. The van der Waals surface area contributed by atoms with Crippen LogP contribution in [0.3, 0.4) is 0 Å². The van der Waals surface area contributed by atoms with Crippen molar-refractivity contribution in [2.24, 2.45) is 0 Å². The number of carbonyl (C=O) groups is 1. The number of nitrogens with zero attached hydrogens (tertiary/aromatic N) is 2. The Morgan fingerprint density at radius 1 is 1.16 bits per heavy atom. The van der Waals surface area contributed by atoms with E-state index < -0.39 is 0 Å². The Bertz CT molecular complexity index is 999. The van der Waals surface area contributed by atoms with Crippen LogP contribution in [0.4, 0.5) is 10.5 Å². The van der Waals surface area contributed by atoms with Crippen LogP contribution in [0.15, 0.2) is 59.0 Å². The van der Waals surface area contributed by atoms with Crippen LogP contribution in [0, 0.1) is 13.8 Å². The van der Waals surface area contributed by atoms with E-state index in [4.69, 9.17) is 9.15 Å². The molecule has 1 atom stereocenters. The quantitative estimate of drug-likeness (QED) is 0.631. The predicted molar refractivity (Wildman–Crippen MR) is 120 cm³/mol. The maximum atomic E-state index is 12.4. The largest absolute Gasteiger partial charge is 0.441 e. The Labute approximate surface area is 182 Å². The number of hydrogen-bond acceptors (Lipinski definition) is 5. The van der Waals surface area contributed by atoms with Crippen LogP contribution in [-0.2, 0) is 11.3 Å². The normalized spacial score (nSPS) is 16.8. The van der Waals surface area contributed by atoms with Crippen LogP contribution in [0.5, 0.6) is 0 Å². The summed E-state index contributed by atoms with van der Waals surface area (Å²) in [5, 5.41) is 5.79. The van der Waals surface area contributed by atoms with Crippen molar-refractivity contribution in [2.45, 2.75) is 26.5 Å². The summed E-state index contributed by atoms with van der Waals surface area (Å²) in [6.45, 7) is 7.48. The maximum absolute atomic E-state index is 12.4. The number of benzene rings is 2. The Morgan fingerprint density at radius 2 is 2.00 bits per heavy atom. The van der Waals surface area contributed by atoms with Gasteiger partial charge in [0, 0.05) is 37.4 Å². The molecule has 2 amide bonds. The minimum Gasteiger partial charge on any atom is -0.441 e. The molecule has 2 N–H and O–H groups in total. The van der Waals surface area contributed by atoms with Crippen molar-refractivity contribution in [3.05, 3.63) is 71.6 Å². The number of oxazole rings is 1. The lowest BCUT2D eigenvalue weighted by Gasteiger charge is -2.33. The molecule has 0 aliphatic carbocycles. The molecule has 1 fully saturated rings. The first-order chi connectivity index (χ1) is 15.1. The number of urea groups is 1. The summed E-state index contributed by atoms with van der Waals surface area (Å²) in [5.74, 6) is 1.34. The fourth-order valence-corrected chi connectivity index (χ4v) is 3.60. The topological polar surface area (TPSA) is 79.6 Å². The number of morpholine rings is 1. The Morgan fingerprint density at radius 3 is 2.77 bits per heavy atom. The number of ether oxygens (including phenoxy) is 1. The third-order valence-electron chi connectivity index (χ3n) is 5.36. The molecule has 31 heavy (non-hydrogen) atoms. The van der Waals surface area contributed by atoms with Gasteiger partial charge in [-0.25, -0.2) is 9.78 Å². The molecule has 0 bridgehead atoms. The zero-order chi connectivity index (χ0) is 21.6. The Balaban J connectivity index is 1.28. The van der Waals surface area contributed by atoms with E-state index in [0.717, 1.165) is 36.7 Å². The smallest absolute Gasteiger partial charge is 0.319 e. The summed E-state index contributed by atoms with van der Waals surface area (Å²) < 4.78 is 11.5. The SMILES string of the molecule is Cc1nc(-c2cccc(NC(=O)NCC3CN(Cc4ccccc4)CCO3)c2)oc1C. The zero-order valence-electron chi connectivity index (χ0n) is 17.9.